The first-order chi connectivity index (χ1) is 7.11. The molecule has 0 spiro atoms. The smallest absolute Gasteiger partial charge is 0.00414 e. The van der Waals surface area contributed by atoms with E-state index in [1.165, 1.54) is 5.56 Å². The van der Waals surface area contributed by atoms with Crippen LogP contribution < -0.4 is 0 Å². The summed E-state index contributed by atoms with van der Waals surface area (Å²) in [6, 6.07) is 12.6. The Balaban J connectivity index is 2.47. The van der Waals surface area contributed by atoms with E-state index in [-0.39, 0.29) is 0 Å². The van der Waals surface area contributed by atoms with Gasteiger partial charge in [0.15, 0.2) is 0 Å². The summed E-state index contributed by atoms with van der Waals surface area (Å²) in [6.45, 7) is 10.2. The number of rotatable bonds is 5. The van der Waals surface area contributed by atoms with Gasteiger partial charge in [0, 0.05) is 18.6 Å². The molecular weight excluding hydrogens is 182 g/mol. The van der Waals surface area contributed by atoms with Gasteiger partial charge in [-0.2, -0.15) is 0 Å². The van der Waals surface area contributed by atoms with Gasteiger partial charge in [-0.15, -0.1) is 0 Å². The van der Waals surface area contributed by atoms with Gasteiger partial charge in [0.1, 0.15) is 0 Å². The van der Waals surface area contributed by atoms with Crippen LogP contribution in [0, 0.1) is 6.07 Å². The van der Waals surface area contributed by atoms with Crippen molar-refractivity contribution in [1.82, 2.24) is 4.90 Å². The zero-order valence-electron chi connectivity index (χ0n) is 10.3. The molecular formula is C14H22N. The van der Waals surface area contributed by atoms with Gasteiger partial charge in [-0.3, -0.25) is 4.90 Å². The lowest BCUT2D eigenvalue weighted by Crippen LogP contribution is -2.38. The third-order valence-corrected chi connectivity index (χ3v) is 2.77. The number of hydrogen-bond donors (Lipinski definition) is 0. The molecule has 83 valence electrons. The first-order valence-corrected chi connectivity index (χ1v) is 5.82. The largest absolute Gasteiger partial charge is 0.298 e. The second-order valence-electron chi connectivity index (χ2n) is 4.58. The van der Waals surface area contributed by atoms with Gasteiger partial charge in [0.2, 0.25) is 0 Å². The minimum Gasteiger partial charge on any atom is -0.298 e. The molecule has 0 N–H and O–H groups in total. The van der Waals surface area contributed by atoms with E-state index in [9.17, 15) is 0 Å². The molecule has 0 aliphatic rings. The van der Waals surface area contributed by atoms with Crippen molar-refractivity contribution < 1.29 is 0 Å². The topological polar surface area (TPSA) is 3.24 Å². The van der Waals surface area contributed by atoms with Crippen LogP contribution in [0.2, 0.25) is 0 Å². The lowest BCUT2D eigenvalue weighted by molar-refractivity contribution is 0.177. The summed E-state index contributed by atoms with van der Waals surface area (Å²) in [5, 5.41) is 0. The number of hydrogen-bond acceptors (Lipinski definition) is 1. The van der Waals surface area contributed by atoms with Gasteiger partial charge in [0.05, 0.1) is 0 Å². The van der Waals surface area contributed by atoms with Crippen molar-refractivity contribution in [3.63, 3.8) is 0 Å². The van der Waals surface area contributed by atoms with Crippen molar-refractivity contribution in [3.8, 4) is 0 Å². The molecule has 0 fully saturated rings. The minimum absolute atomic E-state index is 0.625. The van der Waals surface area contributed by atoms with Gasteiger partial charge in [-0.25, -0.2) is 0 Å². The first-order valence-electron chi connectivity index (χ1n) is 5.82. The maximum atomic E-state index is 3.05. The molecule has 1 radical (unpaired) electrons. The summed E-state index contributed by atoms with van der Waals surface area (Å²) in [5.41, 5.74) is 1.40. The van der Waals surface area contributed by atoms with Crippen LogP contribution in [-0.2, 0) is 6.42 Å². The Morgan fingerprint density at radius 1 is 1.07 bits per heavy atom. The molecule has 15 heavy (non-hydrogen) atoms. The van der Waals surface area contributed by atoms with Crippen molar-refractivity contribution in [1.29, 1.82) is 0 Å². The van der Waals surface area contributed by atoms with E-state index in [2.05, 4.69) is 50.8 Å². The van der Waals surface area contributed by atoms with Gasteiger partial charge >= 0.3 is 0 Å². The molecule has 1 aromatic carbocycles. The summed E-state index contributed by atoms with van der Waals surface area (Å²) in [7, 11) is 0. The average Bonchev–Trinajstić information content (AvgIpc) is 2.18. The SMILES string of the molecule is CC(C)N(CCc1cc[c]cc1)C(C)C. The Morgan fingerprint density at radius 3 is 2.07 bits per heavy atom. The van der Waals surface area contributed by atoms with Crippen molar-refractivity contribution in [3.05, 3.63) is 35.9 Å². The number of nitrogens with zero attached hydrogens (tertiary/aromatic N) is 1. The van der Waals surface area contributed by atoms with Crippen LogP contribution in [0.4, 0.5) is 0 Å². The van der Waals surface area contributed by atoms with Crippen LogP contribution in [0.25, 0.3) is 0 Å². The molecule has 0 saturated carbocycles. The average molecular weight is 204 g/mol. The van der Waals surface area contributed by atoms with Gasteiger partial charge < -0.3 is 0 Å². The highest BCUT2D eigenvalue weighted by atomic mass is 15.2. The van der Waals surface area contributed by atoms with E-state index < -0.39 is 0 Å². The summed E-state index contributed by atoms with van der Waals surface area (Å²) in [6.07, 6.45) is 1.13. The molecule has 0 amide bonds. The molecule has 0 aliphatic heterocycles. The highest BCUT2D eigenvalue weighted by Gasteiger charge is 2.12. The molecule has 0 aromatic heterocycles. The van der Waals surface area contributed by atoms with Gasteiger partial charge in [0.25, 0.3) is 0 Å². The second-order valence-corrected chi connectivity index (χ2v) is 4.58. The monoisotopic (exact) mass is 204 g/mol. The molecule has 1 rings (SSSR count). The van der Waals surface area contributed by atoms with Crippen LogP contribution in [-0.4, -0.2) is 23.5 Å². The first kappa shape index (κ1) is 12.3. The van der Waals surface area contributed by atoms with E-state index >= 15 is 0 Å². The lowest BCUT2D eigenvalue weighted by atomic mass is 10.1. The minimum atomic E-state index is 0.625. The molecule has 1 heteroatoms. The molecule has 1 aromatic rings. The molecule has 0 aliphatic carbocycles. The van der Waals surface area contributed by atoms with Crippen molar-refractivity contribution in [2.45, 2.75) is 46.2 Å². The standard InChI is InChI=1S/C14H22N/c1-12(2)15(13(3)4)11-10-14-8-6-5-7-9-14/h6-9,12-13H,10-11H2,1-4H3. The predicted molar refractivity (Wildman–Crippen MR) is 66.0 cm³/mol. The van der Waals surface area contributed by atoms with Crippen LogP contribution in [0.1, 0.15) is 33.3 Å². The highest BCUT2D eigenvalue weighted by Crippen LogP contribution is 2.07. The fraction of sp³-hybridized carbons (Fsp3) is 0.571. The van der Waals surface area contributed by atoms with E-state index in [1.807, 2.05) is 12.1 Å². The molecule has 0 saturated heterocycles. The second kappa shape index (κ2) is 5.92. The van der Waals surface area contributed by atoms with E-state index in [0.717, 1.165) is 13.0 Å². The van der Waals surface area contributed by atoms with Crippen molar-refractivity contribution >= 4 is 0 Å². The number of benzene rings is 1. The normalized spacial score (nSPS) is 11.7. The van der Waals surface area contributed by atoms with Crippen LogP contribution >= 0.6 is 0 Å². The lowest BCUT2D eigenvalue weighted by Gasteiger charge is -2.30. The van der Waals surface area contributed by atoms with Crippen LogP contribution in [0.15, 0.2) is 24.3 Å². The Morgan fingerprint density at radius 2 is 1.60 bits per heavy atom. The van der Waals surface area contributed by atoms with E-state index in [4.69, 9.17) is 0 Å². The van der Waals surface area contributed by atoms with Crippen molar-refractivity contribution in [2.75, 3.05) is 6.54 Å². The van der Waals surface area contributed by atoms with Crippen molar-refractivity contribution in [2.24, 2.45) is 0 Å². The molecule has 0 heterocycles. The molecule has 0 unspecified atom stereocenters. The zero-order chi connectivity index (χ0) is 11.3. The van der Waals surface area contributed by atoms with Crippen LogP contribution in [0.3, 0.4) is 0 Å². The Labute approximate surface area is 94.1 Å². The zero-order valence-corrected chi connectivity index (χ0v) is 10.3. The van der Waals surface area contributed by atoms with E-state index in [0.29, 0.717) is 12.1 Å². The highest BCUT2D eigenvalue weighted by molar-refractivity contribution is 5.14. The fourth-order valence-corrected chi connectivity index (χ4v) is 1.96. The fourth-order valence-electron chi connectivity index (χ4n) is 1.96. The summed E-state index contributed by atoms with van der Waals surface area (Å²) in [4.78, 5) is 2.52. The van der Waals surface area contributed by atoms with Crippen LogP contribution in [0.5, 0.6) is 0 Å². The van der Waals surface area contributed by atoms with Gasteiger partial charge in [-0.05, 0) is 45.7 Å². The van der Waals surface area contributed by atoms with Gasteiger partial charge in [-0.1, -0.05) is 24.3 Å². The third kappa shape index (κ3) is 4.05. The van der Waals surface area contributed by atoms with E-state index in [1.54, 1.807) is 0 Å². The maximum Gasteiger partial charge on any atom is 0.00414 e. The summed E-state index contributed by atoms with van der Waals surface area (Å²) < 4.78 is 0. The molecule has 0 bridgehead atoms. The summed E-state index contributed by atoms with van der Waals surface area (Å²) in [5.74, 6) is 0. The Hall–Kier alpha value is -0.820. The third-order valence-electron chi connectivity index (χ3n) is 2.77. The Bertz CT molecular complexity index is 256. The molecule has 1 nitrogen and oxygen atoms in total. The molecule has 0 atom stereocenters. The Kier molecular flexibility index (Phi) is 4.83. The quantitative estimate of drug-likeness (QED) is 0.712. The summed E-state index contributed by atoms with van der Waals surface area (Å²) >= 11 is 0. The predicted octanol–water partition coefficient (Wildman–Crippen LogP) is 3.15. The maximum absolute atomic E-state index is 3.05.